The summed E-state index contributed by atoms with van der Waals surface area (Å²) in [7, 11) is 0. The molecule has 5 nitrogen and oxygen atoms in total. The molecule has 2 N–H and O–H groups in total. The molecule has 0 aromatic heterocycles. The molecule has 1 unspecified atom stereocenters. The topological polar surface area (TPSA) is 55.8 Å². The monoisotopic (exact) mass is 317 g/mol. The summed E-state index contributed by atoms with van der Waals surface area (Å²) < 4.78 is 0. The third-order valence-electron chi connectivity index (χ3n) is 4.85. The van der Waals surface area contributed by atoms with Gasteiger partial charge in [0.2, 0.25) is 5.91 Å². The van der Waals surface area contributed by atoms with Crippen LogP contribution in [0.1, 0.15) is 37.3 Å². The van der Waals surface area contributed by atoms with E-state index in [0.29, 0.717) is 0 Å². The molecule has 2 aliphatic rings. The minimum atomic E-state index is -0.276. The summed E-state index contributed by atoms with van der Waals surface area (Å²) in [5.41, 5.74) is 0.904. The zero-order chi connectivity index (χ0) is 16.1. The van der Waals surface area contributed by atoms with Crippen LogP contribution in [0.3, 0.4) is 0 Å². The number of nitrogens with zero attached hydrogens (tertiary/aromatic N) is 2. The summed E-state index contributed by atoms with van der Waals surface area (Å²) in [5, 5.41) is 13.2. The number of aromatic hydroxyl groups is 1. The lowest BCUT2D eigenvalue weighted by Gasteiger charge is -2.37. The third-order valence-corrected chi connectivity index (χ3v) is 4.85. The van der Waals surface area contributed by atoms with E-state index in [1.54, 1.807) is 12.1 Å². The van der Waals surface area contributed by atoms with Crippen LogP contribution >= 0.6 is 0 Å². The number of phenolic OH excluding ortho intramolecular Hbond substituents is 1. The van der Waals surface area contributed by atoms with Gasteiger partial charge in [0.1, 0.15) is 11.8 Å². The van der Waals surface area contributed by atoms with Crippen LogP contribution in [-0.4, -0.2) is 60.1 Å². The standard InChI is InChI=1S/C18H27N3O2/c22-16-7-5-6-15(14-16)17(20-12-8-19-9-13-20)18(23)21-10-3-1-2-4-11-21/h5-7,14,17,19,22H,1-4,8-13H2. The Balaban J connectivity index is 1.85. The molecule has 2 saturated heterocycles. The lowest BCUT2D eigenvalue weighted by molar-refractivity contribution is -0.137. The second-order valence-corrected chi connectivity index (χ2v) is 6.52. The van der Waals surface area contributed by atoms with E-state index in [4.69, 9.17) is 0 Å². The van der Waals surface area contributed by atoms with Gasteiger partial charge in [0.05, 0.1) is 0 Å². The SMILES string of the molecule is O=C(C(c1cccc(O)c1)N1CCNCC1)N1CCCCCC1. The summed E-state index contributed by atoms with van der Waals surface area (Å²) >= 11 is 0. The van der Waals surface area contributed by atoms with Crippen molar-refractivity contribution >= 4 is 5.91 Å². The van der Waals surface area contributed by atoms with Crippen molar-refractivity contribution in [3.63, 3.8) is 0 Å². The maximum atomic E-state index is 13.2. The molecule has 5 heteroatoms. The quantitative estimate of drug-likeness (QED) is 0.892. The fourth-order valence-corrected chi connectivity index (χ4v) is 3.61. The number of phenols is 1. The van der Waals surface area contributed by atoms with E-state index in [1.807, 2.05) is 17.0 Å². The number of nitrogens with one attached hydrogen (secondary N) is 1. The Morgan fingerprint density at radius 3 is 2.39 bits per heavy atom. The number of hydrogen-bond donors (Lipinski definition) is 2. The summed E-state index contributed by atoms with van der Waals surface area (Å²) in [6.45, 7) is 5.26. The van der Waals surface area contributed by atoms with Crippen molar-refractivity contribution < 1.29 is 9.90 Å². The van der Waals surface area contributed by atoms with Crippen molar-refractivity contribution in [2.24, 2.45) is 0 Å². The largest absolute Gasteiger partial charge is 0.508 e. The van der Waals surface area contributed by atoms with Crippen molar-refractivity contribution in [2.75, 3.05) is 39.3 Å². The van der Waals surface area contributed by atoms with Crippen molar-refractivity contribution in [1.82, 2.24) is 15.1 Å². The van der Waals surface area contributed by atoms with E-state index in [0.717, 1.165) is 57.7 Å². The van der Waals surface area contributed by atoms with Gasteiger partial charge in [0, 0.05) is 39.3 Å². The maximum Gasteiger partial charge on any atom is 0.244 e. The lowest BCUT2D eigenvalue weighted by Crippen LogP contribution is -2.50. The Morgan fingerprint density at radius 2 is 1.74 bits per heavy atom. The summed E-state index contributed by atoms with van der Waals surface area (Å²) in [4.78, 5) is 17.5. The molecular weight excluding hydrogens is 290 g/mol. The molecule has 1 aromatic rings. The Morgan fingerprint density at radius 1 is 1.04 bits per heavy atom. The van der Waals surface area contributed by atoms with Crippen molar-refractivity contribution in [2.45, 2.75) is 31.7 Å². The molecule has 1 atom stereocenters. The van der Waals surface area contributed by atoms with Crippen molar-refractivity contribution in [3.8, 4) is 5.75 Å². The summed E-state index contributed by atoms with van der Waals surface area (Å²) in [6.07, 6.45) is 4.63. The number of hydrogen-bond acceptors (Lipinski definition) is 4. The zero-order valence-corrected chi connectivity index (χ0v) is 13.7. The van der Waals surface area contributed by atoms with Crippen LogP contribution in [-0.2, 0) is 4.79 Å². The van der Waals surface area contributed by atoms with Gasteiger partial charge in [-0.1, -0.05) is 25.0 Å². The molecule has 2 fully saturated rings. The Kier molecular flexibility index (Phi) is 5.51. The molecule has 0 radical (unpaired) electrons. The highest BCUT2D eigenvalue weighted by atomic mass is 16.3. The number of piperazine rings is 1. The van der Waals surface area contributed by atoms with Crippen LogP contribution in [0.2, 0.25) is 0 Å². The third kappa shape index (κ3) is 4.03. The molecule has 23 heavy (non-hydrogen) atoms. The van der Waals surface area contributed by atoms with E-state index >= 15 is 0 Å². The number of amides is 1. The van der Waals surface area contributed by atoms with Gasteiger partial charge in [-0.15, -0.1) is 0 Å². The Labute approximate surface area is 138 Å². The van der Waals surface area contributed by atoms with E-state index in [1.165, 1.54) is 12.8 Å². The maximum absolute atomic E-state index is 13.2. The predicted octanol–water partition coefficient (Wildman–Crippen LogP) is 1.74. The van der Waals surface area contributed by atoms with Gasteiger partial charge in [0.15, 0.2) is 0 Å². The van der Waals surface area contributed by atoms with Gasteiger partial charge in [-0.05, 0) is 30.5 Å². The normalized spacial score (nSPS) is 21.7. The van der Waals surface area contributed by atoms with Crippen molar-refractivity contribution in [1.29, 1.82) is 0 Å². The molecule has 126 valence electrons. The van der Waals surface area contributed by atoms with Crippen molar-refractivity contribution in [3.05, 3.63) is 29.8 Å². The number of likely N-dealkylation sites (tertiary alicyclic amines) is 1. The molecule has 0 saturated carbocycles. The zero-order valence-electron chi connectivity index (χ0n) is 13.7. The first kappa shape index (κ1) is 16.3. The van der Waals surface area contributed by atoms with E-state index in [9.17, 15) is 9.90 Å². The fraction of sp³-hybridized carbons (Fsp3) is 0.611. The average molecular weight is 317 g/mol. The highest BCUT2D eigenvalue weighted by Gasteiger charge is 2.32. The van der Waals surface area contributed by atoms with Gasteiger partial charge in [-0.3, -0.25) is 9.69 Å². The molecule has 2 aliphatic heterocycles. The molecule has 1 amide bonds. The number of carbonyl (C=O) groups excluding carboxylic acids is 1. The average Bonchev–Trinajstić information content (AvgIpc) is 2.85. The van der Waals surface area contributed by atoms with Gasteiger partial charge in [-0.25, -0.2) is 0 Å². The molecule has 1 aromatic carbocycles. The van der Waals surface area contributed by atoms with Gasteiger partial charge in [0.25, 0.3) is 0 Å². The molecule has 0 aliphatic carbocycles. The van der Waals surface area contributed by atoms with E-state index < -0.39 is 0 Å². The van der Waals surface area contributed by atoms with Crippen LogP contribution in [0.15, 0.2) is 24.3 Å². The van der Waals surface area contributed by atoms with E-state index in [-0.39, 0.29) is 17.7 Å². The van der Waals surface area contributed by atoms with E-state index in [2.05, 4.69) is 10.2 Å². The fourth-order valence-electron chi connectivity index (χ4n) is 3.61. The van der Waals surface area contributed by atoms with Crippen LogP contribution in [0.5, 0.6) is 5.75 Å². The highest BCUT2D eigenvalue weighted by molar-refractivity contribution is 5.83. The first-order chi connectivity index (χ1) is 11.3. The van der Waals surface area contributed by atoms with Gasteiger partial charge >= 0.3 is 0 Å². The predicted molar refractivity (Wildman–Crippen MR) is 90.3 cm³/mol. The molecule has 3 rings (SSSR count). The number of benzene rings is 1. The second-order valence-electron chi connectivity index (χ2n) is 6.52. The first-order valence-corrected chi connectivity index (χ1v) is 8.78. The summed E-state index contributed by atoms with van der Waals surface area (Å²) in [5.74, 6) is 0.422. The minimum Gasteiger partial charge on any atom is -0.508 e. The second kappa shape index (κ2) is 7.79. The smallest absolute Gasteiger partial charge is 0.244 e. The molecular formula is C18H27N3O2. The molecule has 0 bridgehead atoms. The Bertz CT molecular complexity index is 521. The van der Waals surface area contributed by atoms with Gasteiger partial charge in [-0.2, -0.15) is 0 Å². The van der Waals surface area contributed by atoms with Crippen LogP contribution in [0.4, 0.5) is 0 Å². The van der Waals surface area contributed by atoms with Crippen LogP contribution in [0, 0.1) is 0 Å². The van der Waals surface area contributed by atoms with Crippen LogP contribution in [0.25, 0.3) is 0 Å². The highest BCUT2D eigenvalue weighted by Crippen LogP contribution is 2.27. The minimum absolute atomic E-state index is 0.194. The summed E-state index contributed by atoms with van der Waals surface area (Å²) in [6, 6.07) is 6.91. The molecule has 2 heterocycles. The number of rotatable bonds is 3. The first-order valence-electron chi connectivity index (χ1n) is 8.78. The molecule has 0 spiro atoms. The van der Waals surface area contributed by atoms with Gasteiger partial charge < -0.3 is 15.3 Å². The van der Waals surface area contributed by atoms with Crippen LogP contribution < -0.4 is 5.32 Å². The lowest BCUT2D eigenvalue weighted by atomic mass is 10.0. The number of carbonyl (C=O) groups is 1. The Hall–Kier alpha value is -1.59.